The highest BCUT2D eigenvalue weighted by molar-refractivity contribution is 14.1. The molecule has 0 spiro atoms. The van der Waals surface area contributed by atoms with E-state index in [0.717, 1.165) is 21.5 Å². The fourth-order valence-corrected chi connectivity index (χ4v) is 6.28. The van der Waals surface area contributed by atoms with Gasteiger partial charge in [0.05, 0.1) is 10.7 Å². The maximum Gasteiger partial charge on any atom is 0.133 e. The minimum absolute atomic E-state index is 0.168. The maximum absolute atomic E-state index is 13.6. The SMILES string of the molecule is CCCCC1(CC)CSc2cc(OC)c(I)cc2C(c2ccc(F)cc2)C1. The van der Waals surface area contributed by atoms with Crippen molar-refractivity contribution in [2.45, 2.75) is 56.8 Å². The lowest BCUT2D eigenvalue weighted by Gasteiger charge is -2.34. The van der Waals surface area contributed by atoms with Gasteiger partial charge in [-0.15, -0.1) is 11.8 Å². The third-order valence-corrected chi connectivity index (χ3v) is 8.18. The molecule has 3 rings (SSSR count). The van der Waals surface area contributed by atoms with Gasteiger partial charge in [0.15, 0.2) is 0 Å². The van der Waals surface area contributed by atoms with Crippen molar-refractivity contribution in [1.29, 1.82) is 0 Å². The summed E-state index contributed by atoms with van der Waals surface area (Å²) in [6, 6.07) is 11.6. The fraction of sp³-hybridized carbons (Fsp3) is 0.478. The smallest absolute Gasteiger partial charge is 0.133 e. The molecule has 1 aliphatic heterocycles. The molecule has 0 aromatic heterocycles. The van der Waals surface area contributed by atoms with Crippen molar-refractivity contribution in [3.05, 3.63) is 56.9 Å². The number of ether oxygens (including phenoxy) is 1. The quantitative estimate of drug-likeness (QED) is 0.379. The van der Waals surface area contributed by atoms with Crippen LogP contribution in [0.5, 0.6) is 5.75 Å². The maximum atomic E-state index is 13.6. The normalized spacial score (nSPS) is 22.2. The van der Waals surface area contributed by atoms with Crippen LogP contribution in [-0.2, 0) is 0 Å². The predicted octanol–water partition coefficient (Wildman–Crippen LogP) is 7.65. The fourth-order valence-electron chi connectivity index (χ4n) is 4.08. The van der Waals surface area contributed by atoms with Gasteiger partial charge in [-0.2, -0.15) is 0 Å². The molecule has 2 unspecified atom stereocenters. The van der Waals surface area contributed by atoms with Gasteiger partial charge < -0.3 is 4.74 Å². The van der Waals surface area contributed by atoms with E-state index in [9.17, 15) is 4.39 Å². The van der Waals surface area contributed by atoms with Crippen molar-refractivity contribution < 1.29 is 9.13 Å². The molecule has 4 heteroatoms. The molecule has 0 radical (unpaired) electrons. The molecule has 1 heterocycles. The molecule has 0 N–H and O–H groups in total. The standard InChI is InChI=1S/C23H28FIOS/c1-4-6-11-23(5-2)14-19(16-7-9-17(24)10-8-16)18-12-20(25)21(26-3)13-22(18)27-15-23/h7-10,12-13,19H,4-6,11,14-15H2,1-3H3. The Bertz CT molecular complexity index is 777. The Kier molecular flexibility index (Phi) is 7.12. The Labute approximate surface area is 180 Å². The van der Waals surface area contributed by atoms with Crippen LogP contribution in [0, 0.1) is 14.8 Å². The van der Waals surface area contributed by atoms with Crippen LogP contribution in [0.25, 0.3) is 0 Å². The van der Waals surface area contributed by atoms with Gasteiger partial charge in [-0.05, 0) is 82.7 Å². The minimum atomic E-state index is -0.168. The Balaban J connectivity index is 2.09. The summed E-state index contributed by atoms with van der Waals surface area (Å²) in [5, 5.41) is 0. The summed E-state index contributed by atoms with van der Waals surface area (Å²) in [6.45, 7) is 4.60. The lowest BCUT2D eigenvalue weighted by atomic mass is 9.71. The molecule has 0 aliphatic carbocycles. The molecule has 2 aromatic rings. The summed E-state index contributed by atoms with van der Waals surface area (Å²) in [5.41, 5.74) is 2.90. The van der Waals surface area contributed by atoms with E-state index in [1.54, 1.807) is 19.2 Å². The number of fused-ring (bicyclic) bond motifs is 1. The molecule has 0 bridgehead atoms. The molecule has 2 aromatic carbocycles. The number of rotatable bonds is 6. The van der Waals surface area contributed by atoms with Gasteiger partial charge in [0.2, 0.25) is 0 Å². The summed E-state index contributed by atoms with van der Waals surface area (Å²) in [5.74, 6) is 2.21. The zero-order valence-corrected chi connectivity index (χ0v) is 19.3. The molecular weight excluding hydrogens is 470 g/mol. The Morgan fingerprint density at radius 2 is 1.96 bits per heavy atom. The van der Waals surface area contributed by atoms with Gasteiger partial charge in [0.25, 0.3) is 0 Å². The third kappa shape index (κ3) is 4.64. The topological polar surface area (TPSA) is 9.23 Å². The molecule has 0 saturated heterocycles. The van der Waals surface area contributed by atoms with Crippen LogP contribution in [0.15, 0.2) is 41.3 Å². The molecule has 0 fully saturated rings. The van der Waals surface area contributed by atoms with E-state index in [2.05, 4.69) is 48.6 Å². The highest BCUT2D eigenvalue weighted by atomic mass is 127. The van der Waals surface area contributed by atoms with Gasteiger partial charge in [-0.3, -0.25) is 0 Å². The first-order valence-electron chi connectivity index (χ1n) is 9.77. The highest BCUT2D eigenvalue weighted by Gasteiger charge is 2.36. The number of thioether (sulfide) groups is 1. The lowest BCUT2D eigenvalue weighted by Crippen LogP contribution is -2.25. The average Bonchev–Trinajstić information content (AvgIpc) is 2.84. The summed E-state index contributed by atoms with van der Waals surface area (Å²) in [6.07, 6.45) is 6.05. The van der Waals surface area contributed by atoms with Crippen LogP contribution in [-0.4, -0.2) is 12.9 Å². The van der Waals surface area contributed by atoms with Crippen LogP contribution in [0.1, 0.15) is 63.0 Å². The van der Waals surface area contributed by atoms with Crippen molar-refractivity contribution in [2.24, 2.45) is 5.41 Å². The number of benzene rings is 2. The van der Waals surface area contributed by atoms with Crippen molar-refractivity contribution >= 4 is 34.4 Å². The van der Waals surface area contributed by atoms with Gasteiger partial charge in [-0.25, -0.2) is 4.39 Å². The molecule has 0 amide bonds. The van der Waals surface area contributed by atoms with E-state index in [1.165, 1.54) is 41.7 Å². The van der Waals surface area contributed by atoms with Gasteiger partial charge in [0.1, 0.15) is 11.6 Å². The zero-order valence-electron chi connectivity index (χ0n) is 16.4. The molecule has 1 nitrogen and oxygen atoms in total. The molecule has 0 saturated carbocycles. The van der Waals surface area contributed by atoms with Crippen molar-refractivity contribution in [1.82, 2.24) is 0 Å². The Hall–Kier alpha value is -0.750. The number of hydrogen-bond acceptors (Lipinski definition) is 2. The first-order valence-corrected chi connectivity index (χ1v) is 11.8. The molecule has 1 aliphatic rings. The second-order valence-corrected chi connectivity index (χ2v) is 9.76. The van der Waals surface area contributed by atoms with Gasteiger partial charge >= 0.3 is 0 Å². The third-order valence-electron chi connectivity index (χ3n) is 5.91. The lowest BCUT2D eigenvalue weighted by molar-refractivity contribution is 0.250. The molecule has 27 heavy (non-hydrogen) atoms. The summed E-state index contributed by atoms with van der Waals surface area (Å²) in [7, 11) is 1.74. The largest absolute Gasteiger partial charge is 0.496 e. The van der Waals surface area contributed by atoms with E-state index in [0.29, 0.717) is 11.3 Å². The summed E-state index contributed by atoms with van der Waals surface area (Å²) < 4.78 is 20.3. The predicted molar refractivity (Wildman–Crippen MR) is 122 cm³/mol. The van der Waals surface area contributed by atoms with Crippen molar-refractivity contribution in [3.63, 3.8) is 0 Å². The second-order valence-electron chi connectivity index (χ2n) is 7.58. The zero-order chi connectivity index (χ0) is 19.4. The second kappa shape index (κ2) is 9.17. The van der Waals surface area contributed by atoms with Crippen LogP contribution in [0.3, 0.4) is 0 Å². The molecule has 2 atom stereocenters. The number of hydrogen-bond donors (Lipinski definition) is 0. The van der Waals surface area contributed by atoms with E-state index in [1.807, 2.05) is 23.9 Å². The minimum Gasteiger partial charge on any atom is -0.496 e. The monoisotopic (exact) mass is 498 g/mol. The van der Waals surface area contributed by atoms with Gasteiger partial charge in [-0.1, -0.05) is 38.8 Å². The Morgan fingerprint density at radius 3 is 2.59 bits per heavy atom. The Morgan fingerprint density at radius 1 is 1.22 bits per heavy atom. The average molecular weight is 498 g/mol. The van der Waals surface area contributed by atoms with E-state index in [4.69, 9.17) is 4.74 Å². The first-order chi connectivity index (χ1) is 13.0. The van der Waals surface area contributed by atoms with Crippen molar-refractivity contribution in [2.75, 3.05) is 12.9 Å². The van der Waals surface area contributed by atoms with Crippen LogP contribution in [0.4, 0.5) is 4.39 Å². The summed E-state index contributed by atoms with van der Waals surface area (Å²) in [4.78, 5) is 1.31. The van der Waals surface area contributed by atoms with Gasteiger partial charge in [0, 0.05) is 16.6 Å². The summed E-state index contributed by atoms with van der Waals surface area (Å²) >= 11 is 4.33. The van der Waals surface area contributed by atoms with E-state index >= 15 is 0 Å². The van der Waals surface area contributed by atoms with E-state index in [-0.39, 0.29) is 5.82 Å². The first kappa shape index (κ1) is 21.0. The van der Waals surface area contributed by atoms with Crippen LogP contribution >= 0.6 is 34.4 Å². The highest BCUT2D eigenvalue weighted by Crippen LogP contribution is 2.51. The van der Waals surface area contributed by atoms with E-state index < -0.39 is 0 Å². The van der Waals surface area contributed by atoms with Crippen molar-refractivity contribution in [3.8, 4) is 5.75 Å². The molecule has 146 valence electrons. The molecular formula is C23H28FIOS. The van der Waals surface area contributed by atoms with Crippen LogP contribution < -0.4 is 4.74 Å². The number of unbranched alkanes of at least 4 members (excludes halogenated alkanes) is 1. The van der Waals surface area contributed by atoms with Crippen LogP contribution in [0.2, 0.25) is 0 Å². The number of methoxy groups -OCH3 is 1. The number of halogens is 2.